The Hall–Kier alpha value is -0.680. The fourth-order valence-electron chi connectivity index (χ4n) is 2.20. The van der Waals surface area contributed by atoms with Gasteiger partial charge in [-0.15, -0.1) is 16.7 Å². The minimum atomic E-state index is -0.155. The van der Waals surface area contributed by atoms with Crippen LogP contribution in [0, 0.1) is 5.92 Å². The molecular weight excluding hydrogens is 228 g/mol. The van der Waals surface area contributed by atoms with Crippen LogP contribution in [0.15, 0.2) is 0 Å². The summed E-state index contributed by atoms with van der Waals surface area (Å²) in [7, 11) is 0. The number of ether oxygens (including phenoxy) is 1. The average molecular weight is 245 g/mol. The van der Waals surface area contributed by atoms with E-state index in [2.05, 4.69) is 22.4 Å². The molecule has 6 heteroatoms. The summed E-state index contributed by atoms with van der Waals surface area (Å²) in [6.07, 6.45) is 2.45. The summed E-state index contributed by atoms with van der Waals surface area (Å²) >= 11 is 6.01. The average Bonchev–Trinajstić information content (AvgIpc) is 2.86. The van der Waals surface area contributed by atoms with Crippen LogP contribution in [0.3, 0.4) is 0 Å². The van der Waals surface area contributed by atoms with Crippen LogP contribution in [-0.2, 0) is 11.3 Å². The van der Waals surface area contributed by atoms with Crippen molar-refractivity contribution in [2.24, 2.45) is 5.92 Å². The molecule has 1 aromatic heterocycles. The van der Waals surface area contributed by atoms with Gasteiger partial charge in [0.25, 0.3) is 0 Å². The molecule has 1 aromatic rings. The van der Waals surface area contributed by atoms with Crippen molar-refractivity contribution in [3.05, 3.63) is 5.82 Å². The fourth-order valence-corrected chi connectivity index (χ4v) is 2.36. The molecule has 1 fully saturated rings. The molecule has 0 saturated carbocycles. The second-order valence-electron chi connectivity index (χ2n) is 4.20. The Kier molecular flexibility index (Phi) is 3.76. The third kappa shape index (κ3) is 2.35. The number of hydrogen-bond donors (Lipinski definition) is 0. The number of aromatic nitrogens is 4. The van der Waals surface area contributed by atoms with Gasteiger partial charge in [0.2, 0.25) is 0 Å². The van der Waals surface area contributed by atoms with Crippen LogP contribution in [-0.4, -0.2) is 32.9 Å². The fraction of sp³-hybridized carbons (Fsp3) is 0.900. The van der Waals surface area contributed by atoms with E-state index in [1.807, 2.05) is 6.92 Å². The topological polar surface area (TPSA) is 52.8 Å². The van der Waals surface area contributed by atoms with Gasteiger partial charge in [0, 0.05) is 12.5 Å². The number of halogens is 1. The summed E-state index contributed by atoms with van der Waals surface area (Å²) in [4.78, 5) is 0. The minimum Gasteiger partial charge on any atom is -0.378 e. The van der Waals surface area contributed by atoms with Crippen LogP contribution in [0.25, 0.3) is 0 Å². The van der Waals surface area contributed by atoms with E-state index < -0.39 is 0 Å². The Balaban J connectivity index is 2.05. The largest absolute Gasteiger partial charge is 0.378 e. The second-order valence-corrected chi connectivity index (χ2v) is 4.86. The third-order valence-corrected chi connectivity index (χ3v) is 3.27. The van der Waals surface area contributed by atoms with E-state index in [-0.39, 0.29) is 5.38 Å². The summed E-state index contributed by atoms with van der Waals surface area (Å²) in [5.41, 5.74) is 0. The Bertz CT molecular complexity index is 341. The van der Waals surface area contributed by atoms with Gasteiger partial charge in [0.05, 0.1) is 18.0 Å². The highest BCUT2D eigenvalue weighted by molar-refractivity contribution is 6.20. The molecule has 1 aliphatic heterocycles. The van der Waals surface area contributed by atoms with Crippen LogP contribution >= 0.6 is 11.6 Å². The van der Waals surface area contributed by atoms with Crippen LogP contribution in [0.2, 0.25) is 0 Å². The Morgan fingerprint density at radius 2 is 2.44 bits per heavy atom. The molecule has 0 aromatic carbocycles. The molecule has 0 bridgehead atoms. The van der Waals surface area contributed by atoms with Gasteiger partial charge in [-0.25, -0.2) is 4.68 Å². The maximum atomic E-state index is 6.01. The van der Waals surface area contributed by atoms with Crippen LogP contribution < -0.4 is 0 Å². The van der Waals surface area contributed by atoms with Crippen LogP contribution in [0.4, 0.5) is 0 Å². The monoisotopic (exact) mass is 244 g/mol. The predicted molar refractivity (Wildman–Crippen MR) is 60.2 cm³/mol. The standard InChI is InChI=1S/C10H17ClN4O/c1-3-9-8(4-5-16-9)6-15-10(7(2)11)12-13-14-15/h7-9H,3-6H2,1-2H3. The van der Waals surface area contributed by atoms with Crippen molar-refractivity contribution in [3.8, 4) is 0 Å². The maximum Gasteiger partial charge on any atom is 0.168 e. The molecule has 0 N–H and O–H groups in total. The number of alkyl halides is 1. The molecule has 5 nitrogen and oxygen atoms in total. The normalized spacial score (nSPS) is 27.2. The van der Waals surface area contributed by atoms with E-state index in [0.717, 1.165) is 31.8 Å². The summed E-state index contributed by atoms with van der Waals surface area (Å²) in [5.74, 6) is 1.24. The third-order valence-electron chi connectivity index (χ3n) is 3.07. The molecule has 0 amide bonds. The summed E-state index contributed by atoms with van der Waals surface area (Å²) < 4.78 is 7.45. The number of tetrazole rings is 1. The Morgan fingerprint density at radius 3 is 3.12 bits per heavy atom. The van der Waals surface area contributed by atoms with E-state index >= 15 is 0 Å². The minimum absolute atomic E-state index is 0.155. The molecular formula is C10H17ClN4O. The molecule has 2 rings (SSSR count). The molecule has 0 radical (unpaired) electrons. The van der Waals surface area contributed by atoms with Gasteiger partial charge in [-0.1, -0.05) is 6.92 Å². The van der Waals surface area contributed by atoms with Crippen molar-refractivity contribution in [2.75, 3.05) is 6.61 Å². The van der Waals surface area contributed by atoms with Crippen LogP contribution in [0.5, 0.6) is 0 Å². The first-order chi connectivity index (χ1) is 7.72. The van der Waals surface area contributed by atoms with Crippen molar-refractivity contribution >= 4 is 11.6 Å². The number of nitrogens with zero attached hydrogens (tertiary/aromatic N) is 4. The van der Waals surface area contributed by atoms with Gasteiger partial charge in [-0.2, -0.15) is 0 Å². The van der Waals surface area contributed by atoms with Crippen molar-refractivity contribution in [3.63, 3.8) is 0 Å². The van der Waals surface area contributed by atoms with Crippen molar-refractivity contribution in [1.82, 2.24) is 20.2 Å². The SMILES string of the molecule is CCC1OCCC1Cn1nnnc1C(C)Cl. The second kappa shape index (κ2) is 5.10. The predicted octanol–water partition coefficient (Wildman–Crippen LogP) is 1.79. The lowest BCUT2D eigenvalue weighted by Crippen LogP contribution is -2.22. The molecule has 90 valence electrons. The van der Waals surface area contributed by atoms with Crippen molar-refractivity contribution in [2.45, 2.75) is 44.7 Å². The van der Waals surface area contributed by atoms with Crippen LogP contribution in [0.1, 0.15) is 37.9 Å². The molecule has 16 heavy (non-hydrogen) atoms. The van der Waals surface area contributed by atoms with E-state index in [0.29, 0.717) is 12.0 Å². The highest BCUT2D eigenvalue weighted by atomic mass is 35.5. The molecule has 1 aliphatic rings. The van der Waals surface area contributed by atoms with Gasteiger partial charge in [-0.3, -0.25) is 0 Å². The van der Waals surface area contributed by atoms with Gasteiger partial charge in [0.1, 0.15) is 0 Å². The lowest BCUT2D eigenvalue weighted by molar-refractivity contribution is 0.0822. The zero-order chi connectivity index (χ0) is 11.5. The summed E-state index contributed by atoms with van der Waals surface area (Å²) in [6, 6.07) is 0. The quantitative estimate of drug-likeness (QED) is 0.758. The first kappa shape index (κ1) is 11.8. The number of rotatable bonds is 4. The van der Waals surface area contributed by atoms with E-state index in [1.54, 1.807) is 4.68 Å². The summed E-state index contributed by atoms with van der Waals surface area (Å²) in [5, 5.41) is 11.4. The lowest BCUT2D eigenvalue weighted by Gasteiger charge is -2.17. The summed E-state index contributed by atoms with van der Waals surface area (Å²) in [6.45, 7) is 5.68. The maximum absolute atomic E-state index is 6.01. The smallest absolute Gasteiger partial charge is 0.168 e. The molecule has 0 spiro atoms. The van der Waals surface area contributed by atoms with Gasteiger partial charge in [0.15, 0.2) is 5.82 Å². The molecule has 3 atom stereocenters. The zero-order valence-electron chi connectivity index (χ0n) is 9.64. The van der Waals surface area contributed by atoms with Crippen molar-refractivity contribution < 1.29 is 4.74 Å². The Morgan fingerprint density at radius 1 is 1.62 bits per heavy atom. The van der Waals surface area contributed by atoms with E-state index in [9.17, 15) is 0 Å². The van der Waals surface area contributed by atoms with E-state index in [1.165, 1.54) is 0 Å². The van der Waals surface area contributed by atoms with E-state index in [4.69, 9.17) is 16.3 Å². The highest BCUT2D eigenvalue weighted by Gasteiger charge is 2.28. The molecule has 3 unspecified atom stereocenters. The number of hydrogen-bond acceptors (Lipinski definition) is 4. The molecule has 1 saturated heterocycles. The van der Waals surface area contributed by atoms with Gasteiger partial charge in [-0.05, 0) is 30.2 Å². The highest BCUT2D eigenvalue weighted by Crippen LogP contribution is 2.26. The first-order valence-electron chi connectivity index (χ1n) is 5.74. The zero-order valence-corrected chi connectivity index (χ0v) is 10.4. The van der Waals surface area contributed by atoms with Gasteiger partial charge < -0.3 is 4.74 Å². The van der Waals surface area contributed by atoms with Gasteiger partial charge >= 0.3 is 0 Å². The molecule has 2 heterocycles. The molecule has 0 aliphatic carbocycles. The first-order valence-corrected chi connectivity index (χ1v) is 6.17. The lowest BCUT2D eigenvalue weighted by atomic mass is 10.00. The Labute approximate surface area is 100 Å². The van der Waals surface area contributed by atoms with Crippen molar-refractivity contribution in [1.29, 1.82) is 0 Å².